The number of benzene rings is 2. The standard InChI is InChI=1S/C19H11ClN4O2S2/c20-13-6-8-14(9-7-13)27-18-17(24(25)26)19(23-11-22-18)28-15-5-1-3-12-4-2-10-21-16(12)15/h1-11H. The summed E-state index contributed by atoms with van der Waals surface area (Å²) in [5.41, 5.74) is 0.648. The van der Waals surface area contributed by atoms with Gasteiger partial charge in [-0.2, -0.15) is 0 Å². The fourth-order valence-electron chi connectivity index (χ4n) is 2.53. The minimum Gasteiger partial charge on any atom is -0.258 e. The summed E-state index contributed by atoms with van der Waals surface area (Å²) in [6.07, 6.45) is 3.04. The first-order chi connectivity index (χ1) is 13.6. The largest absolute Gasteiger partial charge is 0.333 e. The van der Waals surface area contributed by atoms with E-state index in [1.807, 2.05) is 30.3 Å². The van der Waals surface area contributed by atoms with E-state index in [9.17, 15) is 10.1 Å². The topological polar surface area (TPSA) is 81.8 Å². The highest BCUT2D eigenvalue weighted by Crippen LogP contribution is 2.41. The number of pyridine rings is 1. The highest BCUT2D eigenvalue weighted by molar-refractivity contribution is 8.00. The van der Waals surface area contributed by atoms with Gasteiger partial charge in [0.15, 0.2) is 10.1 Å². The summed E-state index contributed by atoms with van der Waals surface area (Å²) in [7, 11) is 0. The molecule has 0 bridgehead atoms. The molecule has 28 heavy (non-hydrogen) atoms. The normalized spacial score (nSPS) is 10.9. The Morgan fingerprint density at radius 2 is 1.61 bits per heavy atom. The van der Waals surface area contributed by atoms with Crippen molar-refractivity contribution in [2.24, 2.45) is 0 Å². The number of nitro groups is 1. The third kappa shape index (κ3) is 3.94. The number of fused-ring (bicyclic) bond motifs is 1. The number of hydrogen-bond acceptors (Lipinski definition) is 7. The molecule has 2 aromatic heterocycles. The van der Waals surface area contributed by atoms with Gasteiger partial charge in [0.2, 0.25) is 0 Å². The first kappa shape index (κ1) is 18.7. The lowest BCUT2D eigenvalue weighted by Crippen LogP contribution is -1.98. The van der Waals surface area contributed by atoms with Crippen molar-refractivity contribution in [1.82, 2.24) is 15.0 Å². The molecule has 0 aliphatic rings. The van der Waals surface area contributed by atoms with Gasteiger partial charge in [0.1, 0.15) is 6.33 Å². The van der Waals surface area contributed by atoms with E-state index in [1.165, 1.54) is 29.9 Å². The second-order valence-electron chi connectivity index (χ2n) is 5.58. The third-order valence-corrected chi connectivity index (χ3v) is 6.06. The van der Waals surface area contributed by atoms with E-state index in [0.717, 1.165) is 20.7 Å². The molecule has 2 heterocycles. The van der Waals surface area contributed by atoms with Crippen molar-refractivity contribution in [3.05, 3.63) is 82.3 Å². The van der Waals surface area contributed by atoms with Gasteiger partial charge in [-0.15, -0.1) is 0 Å². The molecule has 0 saturated heterocycles. The molecule has 0 saturated carbocycles. The van der Waals surface area contributed by atoms with Crippen LogP contribution in [0.2, 0.25) is 5.02 Å². The number of hydrogen-bond donors (Lipinski definition) is 0. The minimum atomic E-state index is -0.445. The fourth-order valence-corrected chi connectivity index (χ4v) is 4.57. The van der Waals surface area contributed by atoms with Gasteiger partial charge in [-0.3, -0.25) is 15.1 Å². The summed E-state index contributed by atoms with van der Waals surface area (Å²) >= 11 is 8.32. The van der Waals surface area contributed by atoms with Gasteiger partial charge < -0.3 is 0 Å². The molecule has 0 radical (unpaired) electrons. The van der Waals surface area contributed by atoms with Crippen LogP contribution in [0.4, 0.5) is 5.69 Å². The summed E-state index contributed by atoms with van der Waals surface area (Å²) in [5.74, 6) is 0. The van der Waals surface area contributed by atoms with E-state index in [1.54, 1.807) is 30.5 Å². The maximum Gasteiger partial charge on any atom is 0.333 e. The van der Waals surface area contributed by atoms with Crippen molar-refractivity contribution < 1.29 is 4.92 Å². The first-order valence-electron chi connectivity index (χ1n) is 8.06. The Morgan fingerprint density at radius 1 is 0.893 bits per heavy atom. The zero-order valence-corrected chi connectivity index (χ0v) is 16.5. The smallest absolute Gasteiger partial charge is 0.258 e. The van der Waals surface area contributed by atoms with Crippen LogP contribution < -0.4 is 0 Å². The highest BCUT2D eigenvalue weighted by atomic mass is 35.5. The number of halogens is 1. The van der Waals surface area contributed by atoms with Crippen molar-refractivity contribution in [3.63, 3.8) is 0 Å². The van der Waals surface area contributed by atoms with Crippen LogP contribution in [-0.4, -0.2) is 19.9 Å². The zero-order chi connectivity index (χ0) is 19.5. The predicted octanol–water partition coefficient (Wildman–Crippen LogP) is 5.89. The van der Waals surface area contributed by atoms with Crippen LogP contribution in [0.15, 0.2) is 87.0 Å². The molecule has 0 atom stereocenters. The Hall–Kier alpha value is -2.68. The molecule has 2 aromatic carbocycles. The summed E-state index contributed by atoms with van der Waals surface area (Å²) in [5, 5.41) is 13.9. The number of nitrogens with zero attached hydrogens (tertiary/aromatic N) is 4. The van der Waals surface area contributed by atoms with Crippen LogP contribution >= 0.6 is 35.1 Å². The van der Waals surface area contributed by atoms with Crippen molar-refractivity contribution in [1.29, 1.82) is 0 Å². The Kier molecular flexibility index (Phi) is 5.43. The number of para-hydroxylation sites is 1. The van der Waals surface area contributed by atoms with E-state index < -0.39 is 4.92 Å². The van der Waals surface area contributed by atoms with E-state index in [-0.39, 0.29) is 15.7 Å². The van der Waals surface area contributed by atoms with Crippen LogP contribution in [0.1, 0.15) is 0 Å². The first-order valence-corrected chi connectivity index (χ1v) is 10.1. The van der Waals surface area contributed by atoms with Crippen molar-refractivity contribution in [3.8, 4) is 0 Å². The lowest BCUT2D eigenvalue weighted by atomic mass is 10.2. The quantitative estimate of drug-likeness (QED) is 0.223. The Bertz CT molecular complexity index is 1170. The zero-order valence-electron chi connectivity index (χ0n) is 14.2. The fraction of sp³-hybridized carbons (Fsp3) is 0. The second kappa shape index (κ2) is 8.14. The average Bonchev–Trinajstić information content (AvgIpc) is 2.70. The molecule has 0 aliphatic carbocycles. The van der Waals surface area contributed by atoms with Crippen LogP contribution in [0.5, 0.6) is 0 Å². The van der Waals surface area contributed by atoms with Gasteiger partial charge in [0.25, 0.3) is 0 Å². The predicted molar refractivity (Wildman–Crippen MR) is 110 cm³/mol. The molecule has 0 amide bonds. The van der Waals surface area contributed by atoms with Gasteiger partial charge in [0.05, 0.1) is 10.4 Å². The van der Waals surface area contributed by atoms with E-state index in [2.05, 4.69) is 15.0 Å². The van der Waals surface area contributed by atoms with Crippen molar-refractivity contribution >= 4 is 51.7 Å². The minimum absolute atomic E-state index is 0.125. The second-order valence-corrected chi connectivity index (χ2v) is 8.11. The molecule has 138 valence electrons. The van der Waals surface area contributed by atoms with E-state index in [0.29, 0.717) is 5.02 Å². The molecule has 0 unspecified atom stereocenters. The van der Waals surface area contributed by atoms with Crippen molar-refractivity contribution in [2.45, 2.75) is 19.8 Å². The summed E-state index contributed by atoms with van der Waals surface area (Å²) in [6, 6.07) is 16.6. The van der Waals surface area contributed by atoms with Gasteiger partial charge in [-0.1, -0.05) is 53.3 Å². The molecule has 4 aromatic rings. The summed E-state index contributed by atoms with van der Waals surface area (Å²) in [4.78, 5) is 25.6. The van der Waals surface area contributed by atoms with Crippen LogP contribution in [0.3, 0.4) is 0 Å². The Balaban J connectivity index is 1.74. The van der Waals surface area contributed by atoms with Gasteiger partial charge in [-0.05, 0) is 36.4 Å². The number of rotatable bonds is 5. The van der Waals surface area contributed by atoms with Gasteiger partial charge in [0, 0.05) is 26.4 Å². The van der Waals surface area contributed by atoms with Crippen LogP contribution in [0, 0.1) is 10.1 Å². The maximum absolute atomic E-state index is 11.8. The molecule has 6 nitrogen and oxygen atoms in total. The Labute approximate surface area is 173 Å². The monoisotopic (exact) mass is 426 g/mol. The van der Waals surface area contributed by atoms with Crippen LogP contribution in [-0.2, 0) is 0 Å². The van der Waals surface area contributed by atoms with E-state index >= 15 is 0 Å². The van der Waals surface area contributed by atoms with Gasteiger partial charge in [-0.25, -0.2) is 9.97 Å². The number of aromatic nitrogens is 3. The maximum atomic E-state index is 11.8. The van der Waals surface area contributed by atoms with Gasteiger partial charge >= 0.3 is 5.69 Å². The molecule has 0 N–H and O–H groups in total. The Morgan fingerprint density at radius 3 is 2.36 bits per heavy atom. The molecule has 0 fully saturated rings. The lowest BCUT2D eigenvalue weighted by Gasteiger charge is -2.07. The highest BCUT2D eigenvalue weighted by Gasteiger charge is 2.25. The molecule has 0 aliphatic heterocycles. The lowest BCUT2D eigenvalue weighted by molar-refractivity contribution is -0.391. The molecular weight excluding hydrogens is 416 g/mol. The van der Waals surface area contributed by atoms with Crippen molar-refractivity contribution in [2.75, 3.05) is 0 Å². The molecule has 4 rings (SSSR count). The molecule has 0 spiro atoms. The van der Waals surface area contributed by atoms with E-state index in [4.69, 9.17) is 11.6 Å². The SMILES string of the molecule is O=[N+]([O-])c1c(Sc2ccc(Cl)cc2)ncnc1Sc1cccc2cccnc12. The summed E-state index contributed by atoms with van der Waals surface area (Å²) in [6.45, 7) is 0. The molecular formula is C19H11ClN4O2S2. The summed E-state index contributed by atoms with van der Waals surface area (Å²) < 4.78 is 0. The molecule has 9 heteroatoms. The third-order valence-electron chi connectivity index (χ3n) is 3.77. The average molecular weight is 427 g/mol. The van der Waals surface area contributed by atoms with Crippen LogP contribution in [0.25, 0.3) is 10.9 Å².